The van der Waals surface area contributed by atoms with Gasteiger partial charge in [0.2, 0.25) is 0 Å². The summed E-state index contributed by atoms with van der Waals surface area (Å²) < 4.78 is 19.1. The molecule has 0 bridgehead atoms. The number of hydrogen-bond donors (Lipinski definition) is 1. The molecule has 1 atom stereocenters. The molecule has 0 aliphatic rings. The third kappa shape index (κ3) is 2.93. The fraction of sp³-hybridized carbons (Fsp3) is 0. The zero-order chi connectivity index (χ0) is 5.98. The van der Waals surface area contributed by atoms with Crippen molar-refractivity contribution in [3.63, 3.8) is 0 Å². The molecule has 9 heavy (non-hydrogen) atoms. The van der Waals surface area contributed by atoms with Gasteiger partial charge in [0.1, 0.15) is 4.21 Å². The summed E-state index contributed by atoms with van der Waals surface area (Å²) in [6.45, 7) is 0. The van der Waals surface area contributed by atoms with Crippen LogP contribution >= 0.6 is 11.3 Å². The van der Waals surface area contributed by atoms with Crippen molar-refractivity contribution in [2.24, 2.45) is 0 Å². The van der Waals surface area contributed by atoms with Crippen LogP contribution in [0.2, 0.25) is 0 Å². The summed E-state index contributed by atoms with van der Waals surface area (Å²) in [5.41, 5.74) is 0. The summed E-state index contributed by atoms with van der Waals surface area (Å²) in [7, 11) is 0. The minimum atomic E-state index is -1.78. The molecule has 1 aromatic heterocycles. The van der Waals surface area contributed by atoms with Crippen molar-refractivity contribution >= 4 is 52.0 Å². The molecule has 1 aromatic rings. The molecule has 1 unspecified atom stereocenters. The van der Waals surface area contributed by atoms with Gasteiger partial charge in [0.25, 0.3) is 0 Å². The van der Waals surface area contributed by atoms with Gasteiger partial charge < -0.3 is 4.55 Å². The second kappa shape index (κ2) is 4.60. The van der Waals surface area contributed by atoms with Crippen LogP contribution in [-0.2, 0) is 11.1 Å². The van der Waals surface area contributed by atoms with Gasteiger partial charge in [0.15, 0.2) is 11.1 Å². The van der Waals surface area contributed by atoms with Crippen molar-refractivity contribution in [3.05, 3.63) is 17.5 Å². The van der Waals surface area contributed by atoms with Crippen molar-refractivity contribution in [1.29, 1.82) is 0 Å². The van der Waals surface area contributed by atoms with Crippen LogP contribution < -0.4 is 0 Å². The van der Waals surface area contributed by atoms with Crippen molar-refractivity contribution in [2.75, 3.05) is 0 Å². The summed E-state index contributed by atoms with van der Waals surface area (Å²) in [5.74, 6) is 0. The van der Waals surface area contributed by atoms with Gasteiger partial charge in [-0.05, 0) is 11.4 Å². The molecular weight excluding hydrogens is 167 g/mol. The van der Waals surface area contributed by atoms with E-state index in [1.165, 1.54) is 11.3 Å². The fourth-order valence-electron chi connectivity index (χ4n) is 0.363. The van der Waals surface area contributed by atoms with Gasteiger partial charge in [-0.25, -0.2) is 4.21 Å². The molecule has 2 nitrogen and oxygen atoms in total. The van der Waals surface area contributed by atoms with E-state index in [0.29, 0.717) is 4.21 Å². The summed E-state index contributed by atoms with van der Waals surface area (Å²) in [6.07, 6.45) is 0. The Kier molecular flexibility index (Phi) is 5.01. The van der Waals surface area contributed by atoms with Gasteiger partial charge in [-0.15, -0.1) is 11.3 Å². The Labute approximate surface area is 81.9 Å². The molecule has 0 aliphatic heterocycles. The molecule has 0 saturated carbocycles. The van der Waals surface area contributed by atoms with E-state index in [1.54, 1.807) is 17.5 Å². The predicted octanol–water partition coefficient (Wildman–Crippen LogP) is 0.680. The first-order chi connectivity index (χ1) is 3.80. The predicted molar refractivity (Wildman–Crippen MR) is 40.5 cm³/mol. The van der Waals surface area contributed by atoms with Crippen LogP contribution in [0.1, 0.15) is 0 Å². The zero-order valence-corrected chi connectivity index (χ0v) is 5.54. The zero-order valence-electron chi connectivity index (χ0n) is 3.90. The van der Waals surface area contributed by atoms with Crippen LogP contribution in [0.15, 0.2) is 21.7 Å². The molecule has 0 radical (unpaired) electrons. The first kappa shape index (κ1) is 9.81. The van der Waals surface area contributed by atoms with E-state index in [2.05, 4.69) is 0 Å². The molecule has 0 saturated heterocycles. The third-order valence-corrected chi connectivity index (χ3v) is 2.53. The maximum absolute atomic E-state index is 10.2. The molecule has 0 aliphatic carbocycles. The first-order valence-electron chi connectivity index (χ1n) is 1.95. The first-order valence-corrected chi connectivity index (χ1v) is 3.93. The molecular formula is C4H5NaO2S2. The van der Waals surface area contributed by atoms with E-state index in [4.69, 9.17) is 4.55 Å². The SMILES string of the molecule is O=S(O)c1cccs1.[NaH]. The second-order valence-corrected chi connectivity index (χ2v) is 3.33. The average molecular weight is 172 g/mol. The Balaban J connectivity index is 0.000000640. The summed E-state index contributed by atoms with van der Waals surface area (Å²) in [6, 6.07) is 3.37. The van der Waals surface area contributed by atoms with Gasteiger partial charge in [-0.3, -0.25) is 0 Å². The normalized spacial score (nSPS) is 12.1. The number of hydrogen-bond acceptors (Lipinski definition) is 2. The van der Waals surface area contributed by atoms with Gasteiger partial charge >= 0.3 is 29.6 Å². The van der Waals surface area contributed by atoms with Crippen LogP contribution in [0.3, 0.4) is 0 Å². The van der Waals surface area contributed by atoms with E-state index in [0.717, 1.165) is 0 Å². The molecule has 5 heteroatoms. The molecule has 46 valence electrons. The third-order valence-electron chi connectivity index (χ3n) is 0.667. The fourth-order valence-corrected chi connectivity index (χ4v) is 1.50. The Morgan fingerprint density at radius 2 is 2.33 bits per heavy atom. The molecule has 0 amide bonds. The molecule has 1 N–H and O–H groups in total. The van der Waals surface area contributed by atoms with E-state index >= 15 is 0 Å². The van der Waals surface area contributed by atoms with Crippen molar-refractivity contribution in [2.45, 2.75) is 4.21 Å². The van der Waals surface area contributed by atoms with Gasteiger partial charge in [-0.1, -0.05) is 6.07 Å². The summed E-state index contributed by atoms with van der Waals surface area (Å²) in [5, 5.41) is 1.77. The van der Waals surface area contributed by atoms with Gasteiger partial charge in [0.05, 0.1) is 0 Å². The Morgan fingerprint density at radius 1 is 1.67 bits per heavy atom. The van der Waals surface area contributed by atoms with Crippen LogP contribution in [-0.4, -0.2) is 38.3 Å². The van der Waals surface area contributed by atoms with E-state index in [9.17, 15) is 4.21 Å². The molecule has 1 rings (SSSR count). The van der Waals surface area contributed by atoms with Crippen LogP contribution in [0.5, 0.6) is 0 Å². The van der Waals surface area contributed by atoms with Crippen LogP contribution in [0.25, 0.3) is 0 Å². The second-order valence-electron chi connectivity index (χ2n) is 1.18. The van der Waals surface area contributed by atoms with Gasteiger partial charge in [0, 0.05) is 0 Å². The van der Waals surface area contributed by atoms with E-state index in [-0.39, 0.29) is 29.6 Å². The van der Waals surface area contributed by atoms with Crippen molar-refractivity contribution < 1.29 is 8.76 Å². The number of thiophene rings is 1. The van der Waals surface area contributed by atoms with Crippen molar-refractivity contribution in [3.8, 4) is 0 Å². The standard InChI is InChI=1S/C4H4O2S2.Na.H/c5-8(6)4-2-1-3-7-4;;/h1-3H,(H,5,6);;. The Hall–Kier alpha value is 0.810. The monoisotopic (exact) mass is 172 g/mol. The molecule has 1 heterocycles. The molecule has 0 spiro atoms. The molecule has 0 aromatic carbocycles. The van der Waals surface area contributed by atoms with E-state index < -0.39 is 11.1 Å². The molecule has 0 fully saturated rings. The average Bonchev–Trinajstić information content (AvgIpc) is 2.12. The van der Waals surface area contributed by atoms with Crippen LogP contribution in [0.4, 0.5) is 0 Å². The summed E-state index contributed by atoms with van der Waals surface area (Å²) >= 11 is -0.498. The Bertz CT molecular complexity index is 184. The topological polar surface area (TPSA) is 37.3 Å². The maximum atomic E-state index is 10.2. The minimum absolute atomic E-state index is 0. The van der Waals surface area contributed by atoms with E-state index in [1.807, 2.05) is 0 Å². The number of rotatable bonds is 1. The Morgan fingerprint density at radius 3 is 2.56 bits per heavy atom. The summed E-state index contributed by atoms with van der Waals surface area (Å²) in [4.78, 5) is 0. The van der Waals surface area contributed by atoms with Gasteiger partial charge in [-0.2, -0.15) is 0 Å². The quantitative estimate of drug-likeness (QED) is 0.499. The van der Waals surface area contributed by atoms with Crippen molar-refractivity contribution in [1.82, 2.24) is 0 Å². The van der Waals surface area contributed by atoms with Crippen LogP contribution in [0, 0.1) is 0 Å².